The monoisotopic (exact) mass is 387 g/mol. The van der Waals surface area contributed by atoms with Gasteiger partial charge in [0.1, 0.15) is 9.85 Å². The molecule has 4 nitrogen and oxygen atoms in total. The van der Waals surface area contributed by atoms with Gasteiger partial charge in [0, 0.05) is 16.1 Å². The molecule has 1 aromatic carbocycles. The summed E-state index contributed by atoms with van der Waals surface area (Å²) in [5, 5.41) is 1.11. The van der Waals surface area contributed by atoms with Gasteiger partial charge in [0.15, 0.2) is 0 Å². The van der Waals surface area contributed by atoms with Gasteiger partial charge in [-0.05, 0) is 35.4 Å². The first-order chi connectivity index (χ1) is 12.1. The van der Waals surface area contributed by atoms with E-state index in [0.717, 1.165) is 16.0 Å². The molecule has 3 heterocycles. The van der Waals surface area contributed by atoms with Crippen LogP contribution in [0.1, 0.15) is 5.56 Å². The summed E-state index contributed by atoms with van der Waals surface area (Å²) in [6.07, 6.45) is 3.23. The maximum absolute atomic E-state index is 12.8. The van der Waals surface area contributed by atoms with Crippen molar-refractivity contribution < 1.29 is 0 Å². The molecule has 0 bridgehead atoms. The van der Waals surface area contributed by atoms with E-state index in [0.29, 0.717) is 26.9 Å². The van der Waals surface area contributed by atoms with E-state index in [1.807, 2.05) is 36.4 Å². The summed E-state index contributed by atoms with van der Waals surface area (Å²) < 4.78 is 2.21. The highest BCUT2D eigenvalue weighted by Gasteiger charge is 2.11. The van der Waals surface area contributed by atoms with Gasteiger partial charge in [-0.15, -0.1) is 11.3 Å². The summed E-state index contributed by atoms with van der Waals surface area (Å²) in [5.74, 6) is 0. The van der Waals surface area contributed by atoms with E-state index in [2.05, 4.69) is 9.97 Å². The lowest BCUT2D eigenvalue weighted by Crippen LogP contribution is -2.20. The van der Waals surface area contributed by atoms with Crippen molar-refractivity contribution in [3.05, 3.63) is 81.1 Å². The van der Waals surface area contributed by atoms with Gasteiger partial charge in [-0.2, -0.15) is 0 Å². The van der Waals surface area contributed by atoms with Crippen LogP contribution in [0.2, 0.25) is 10.2 Å². The number of rotatable bonds is 3. The molecule has 0 aliphatic heterocycles. The van der Waals surface area contributed by atoms with Crippen molar-refractivity contribution in [3.63, 3.8) is 0 Å². The Balaban J connectivity index is 1.73. The van der Waals surface area contributed by atoms with Crippen LogP contribution in [0.5, 0.6) is 0 Å². The third kappa shape index (κ3) is 3.31. The predicted octanol–water partition coefficient (Wildman–Crippen LogP) is 4.88. The van der Waals surface area contributed by atoms with Gasteiger partial charge >= 0.3 is 0 Å². The molecule has 0 saturated heterocycles. The van der Waals surface area contributed by atoms with Crippen molar-refractivity contribution in [1.82, 2.24) is 14.5 Å². The largest absolute Gasteiger partial charge is 0.293 e. The average molecular weight is 388 g/mol. The first-order valence-corrected chi connectivity index (χ1v) is 9.03. The Kier molecular flexibility index (Phi) is 4.29. The molecule has 0 unspecified atom stereocenters. The Morgan fingerprint density at radius 3 is 2.56 bits per heavy atom. The molecule has 25 heavy (non-hydrogen) atoms. The van der Waals surface area contributed by atoms with Crippen molar-refractivity contribution in [1.29, 1.82) is 0 Å². The van der Waals surface area contributed by atoms with Gasteiger partial charge in [0.25, 0.3) is 5.56 Å². The third-order valence-corrected chi connectivity index (χ3v) is 5.41. The smallest absolute Gasteiger partial charge is 0.271 e. The van der Waals surface area contributed by atoms with E-state index >= 15 is 0 Å². The second-order valence-electron chi connectivity index (χ2n) is 5.50. The van der Waals surface area contributed by atoms with Crippen LogP contribution in [-0.2, 0) is 6.54 Å². The highest BCUT2D eigenvalue weighted by Crippen LogP contribution is 2.31. The maximum atomic E-state index is 12.8. The first-order valence-electron chi connectivity index (χ1n) is 7.45. The first kappa shape index (κ1) is 16.3. The molecule has 4 aromatic rings. The second-order valence-corrected chi connectivity index (χ2v) is 7.37. The number of pyridine rings is 1. The van der Waals surface area contributed by atoms with Crippen molar-refractivity contribution in [2.45, 2.75) is 6.54 Å². The minimum absolute atomic E-state index is 0.0647. The minimum atomic E-state index is -0.0647. The molecule has 7 heteroatoms. The normalized spacial score (nSPS) is 11.1. The average Bonchev–Trinajstić information content (AvgIpc) is 3.05. The van der Waals surface area contributed by atoms with Crippen LogP contribution < -0.4 is 5.56 Å². The molecule has 0 aliphatic carbocycles. The summed E-state index contributed by atoms with van der Waals surface area (Å²) in [7, 11) is 0. The predicted molar refractivity (Wildman–Crippen MR) is 103 cm³/mol. The number of benzene rings is 1. The summed E-state index contributed by atoms with van der Waals surface area (Å²) in [6.45, 7) is 0.403. The van der Waals surface area contributed by atoms with E-state index in [9.17, 15) is 4.79 Å². The molecule has 0 saturated carbocycles. The molecule has 0 N–H and O–H groups in total. The van der Waals surface area contributed by atoms with Crippen LogP contribution in [0.4, 0.5) is 0 Å². The lowest BCUT2D eigenvalue weighted by molar-refractivity contribution is 0.747. The molecular weight excluding hydrogens is 377 g/mol. The van der Waals surface area contributed by atoms with Crippen molar-refractivity contribution in [3.8, 4) is 10.4 Å². The van der Waals surface area contributed by atoms with Crippen LogP contribution in [0.15, 0.2) is 59.8 Å². The van der Waals surface area contributed by atoms with Gasteiger partial charge < -0.3 is 0 Å². The Labute approximate surface area is 157 Å². The summed E-state index contributed by atoms with van der Waals surface area (Å²) in [4.78, 5) is 22.2. The number of halogens is 2. The Morgan fingerprint density at radius 1 is 1.04 bits per heavy atom. The van der Waals surface area contributed by atoms with E-state index in [-0.39, 0.29) is 5.56 Å². The van der Waals surface area contributed by atoms with Gasteiger partial charge in [-0.25, -0.2) is 9.97 Å². The number of fused-ring (bicyclic) bond motifs is 1. The van der Waals surface area contributed by atoms with Crippen LogP contribution in [0.25, 0.3) is 20.7 Å². The molecule has 4 rings (SSSR count). The molecule has 0 aliphatic rings. The van der Waals surface area contributed by atoms with Gasteiger partial charge in [0.05, 0.1) is 18.4 Å². The molecule has 3 aromatic heterocycles. The standard InChI is InChI=1S/C18H11Cl2N3OS/c19-13-4-2-12(3-5-13)15-7-14-17(25-15)18(24)23(10-22-14)9-11-1-6-16(20)21-8-11/h1-8,10H,9H2. The lowest BCUT2D eigenvalue weighted by atomic mass is 10.2. The second kappa shape index (κ2) is 6.59. The van der Waals surface area contributed by atoms with Gasteiger partial charge in [-0.3, -0.25) is 9.36 Å². The number of thiophene rings is 1. The third-order valence-electron chi connectivity index (χ3n) is 3.77. The zero-order valence-electron chi connectivity index (χ0n) is 12.8. The fourth-order valence-corrected chi connectivity index (χ4v) is 3.81. The number of hydrogen-bond donors (Lipinski definition) is 0. The van der Waals surface area contributed by atoms with E-state index < -0.39 is 0 Å². The molecule has 0 amide bonds. The quantitative estimate of drug-likeness (QED) is 0.470. The maximum Gasteiger partial charge on any atom is 0.271 e. The van der Waals surface area contributed by atoms with E-state index in [4.69, 9.17) is 23.2 Å². The summed E-state index contributed by atoms with van der Waals surface area (Å²) >= 11 is 13.2. The minimum Gasteiger partial charge on any atom is -0.293 e. The summed E-state index contributed by atoms with van der Waals surface area (Å²) in [6, 6.07) is 13.0. The SMILES string of the molecule is O=c1c2sc(-c3ccc(Cl)cc3)cc2ncn1Cc1ccc(Cl)nc1. The van der Waals surface area contributed by atoms with Crippen molar-refractivity contribution in [2.24, 2.45) is 0 Å². The van der Waals surface area contributed by atoms with E-state index in [1.54, 1.807) is 23.2 Å². The number of nitrogens with zero attached hydrogens (tertiary/aromatic N) is 3. The molecule has 124 valence electrons. The van der Waals surface area contributed by atoms with Crippen LogP contribution in [0.3, 0.4) is 0 Å². The van der Waals surface area contributed by atoms with Gasteiger partial charge in [0.2, 0.25) is 0 Å². The zero-order valence-corrected chi connectivity index (χ0v) is 15.1. The molecular formula is C18H11Cl2N3OS. The summed E-state index contributed by atoms with van der Waals surface area (Å²) in [5.41, 5.74) is 2.54. The highest BCUT2D eigenvalue weighted by atomic mass is 35.5. The number of aromatic nitrogens is 3. The zero-order chi connectivity index (χ0) is 17.4. The highest BCUT2D eigenvalue weighted by molar-refractivity contribution is 7.22. The number of hydrogen-bond acceptors (Lipinski definition) is 4. The van der Waals surface area contributed by atoms with Crippen LogP contribution in [-0.4, -0.2) is 14.5 Å². The Hall–Kier alpha value is -2.21. The van der Waals surface area contributed by atoms with E-state index in [1.165, 1.54) is 11.3 Å². The van der Waals surface area contributed by atoms with Crippen LogP contribution in [0, 0.1) is 0 Å². The van der Waals surface area contributed by atoms with Gasteiger partial charge in [-0.1, -0.05) is 41.4 Å². The van der Waals surface area contributed by atoms with Crippen molar-refractivity contribution >= 4 is 44.8 Å². The molecule has 0 spiro atoms. The Morgan fingerprint density at radius 2 is 1.84 bits per heavy atom. The fourth-order valence-electron chi connectivity index (χ4n) is 2.51. The topological polar surface area (TPSA) is 47.8 Å². The van der Waals surface area contributed by atoms with Crippen LogP contribution >= 0.6 is 34.5 Å². The Bertz CT molecular complexity index is 1100. The molecule has 0 fully saturated rings. The molecule has 0 radical (unpaired) electrons. The fraction of sp³-hybridized carbons (Fsp3) is 0.0556. The van der Waals surface area contributed by atoms with Crippen molar-refractivity contribution in [2.75, 3.05) is 0 Å². The molecule has 0 atom stereocenters. The lowest BCUT2D eigenvalue weighted by Gasteiger charge is -2.04.